The SMILES string of the molecule is CN1CCCC(Nc2ccc(I)cc2N)C1. The van der Waals surface area contributed by atoms with Crippen molar-refractivity contribution in [2.45, 2.75) is 18.9 Å². The van der Waals surface area contributed by atoms with Crippen LogP contribution in [-0.2, 0) is 0 Å². The first-order valence-electron chi connectivity index (χ1n) is 5.65. The van der Waals surface area contributed by atoms with Crippen LogP contribution in [0.1, 0.15) is 12.8 Å². The molecule has 1 aromatic carbocycles. The summed E-state index contributed by atoms with van der Waals surface area (Å²) in [4.78, 5) is 2.37. The molecule has 0 radical (unpaired) electrons. The minimum Gasteiger partial charge on any atom is -0.397 e. The van der Waals surface area contributed by atoms with Crippen molar-refractivity contribution < 1.29 is 0 Å². The molecule has 0 aliphatic carbocycles. The molecule has 3 nitrogen and oxygen atoms in total. The average molecular weight is 331 g/mol. The van der Waals surface area contributed by atoms with E-state index in [1.807, 2.05) is 6.07 Å². The van der Waals surface area contributed by atoms with E-state index >= 15 is 0 Å². The summed E-state index contributed by atoms with van der Waals surface area (Å²) < 4.78 is 1.18. The lowest BCUT2D eigenvalue weighted by Crippen LogP contribution is -2.39. The fourth-order valence-corrected chi connectivity index (χ4v) is 2.68. The number of benzene rings is 1. The van der Waals surface area contributed by atoms with E-state index in [0.717, 1.165) is 17.9 Å². The van der Waals surface area contributed by atoms with E-state index in [0.29, 0.717) is 6.04 Å². The minimum atomic E-state index is 0.529. The van der Waals surface area contributed by atoms with Crippen LogP contribution in [0.3, 0.4) is 0 Å². The quantitative estimate of drug-likeness (QED) is 0.646. The van der Waals surface area contributed by atoms with Gasteiger partial charge in [0.25, 0.3) is 0 Å². The highest BCUT2D eigenvalue weighted by Crippen LogP contribution is 2.23. The van der Waals surface area contributed by atoms with Gasteiger partial charge in [0.05, 0.1) is 11.4 Å². The van der Waals surface area contributed by atoms with E-state index in [1.54, 1.807) is 0 Å². The predicted octanol–water partition coefficient (Wildman–Crippen LogP) is 2.38. The molecular formula is C12H18IN3. The Hall–Kier alpha value is -0.490. The summed E-state index contributed by atoms with van der Waals surface area (Å²) in [5.74, 6) is 0. The van der Waals surface area contributed by atoms with Crippen molar-refractivity contribution in [3.05, 3.63) is 21.8 Å². The third kappa shape index (κ3) is 3.01. The molecule has 1 heterocycles. The molecular weight excluding hydrogens is 313 g/mol. The van der Waals surface area contributed by atoms with Crippen molar-refractivity contribution in [2.24, 2.45) is 0 Å². The highest BCUT2D eigenvalue weighted by molar-refractivity contribution is 14.1. The highest BCUT2D eigenvalue weighted by Gasteiger charge is 2.17. The smallest absolute Gasteiger partial charge is 0.0577 e. The molecule has 1 aliphatic heterocycles. The van der Waals surface area contributed by atoms with Crippen molar-refractivity contribution in [3.8, 4) is 0 Å². The monoisotopic (exact) mass is 331 g/mol. The van der Waals surface area contributed by atoms with Crippen LogP contribution in [-0.4, -0.2) is 31.1 Å². The second-order valence-electron chi connectivity index (χ2n) is 4.48. The molecule has 0 amide bonds. The Bertz CT molecular complexity index is 367. The Labute approximate surface area is 111 Å². The summed E-state index contributed by atoms with van der Waals surface area (Å²) in [7, 11) is 2.17. The molecule has 4 heteroatoms. The van der Waals surface area contributed by atoms with Crippen LogP contribution in [0.5, 0.6) is 0 Å². The Morgan fingerprint density at radius 2 is 2.31 bits per heavy atom. The Morgan fingerprint density at radius 1 is 1.50 bits per heavy atom. The van der Waals surface area contributed by atoms with E-state index in [2.05, 4.69) is 52.0 Å². The average Bonchev–Trinajstić information content (AvgIpc) is 2.22. The normalized spacial score (nSPS) is 22.0. The summed E-state index contributed by atoms with van der Waals surface area (Å²) >= 11 is 2.28. The van der Waals surface area contributed by atoms with Crippen molar-refractivity contribution in [2.75, 3.05) is 31.2 Å². The molecule has 88 valence electrons. The number of likely N-dealkylation sites (tertiary alicyclic amines) is 1. The maximum absolute atomic E-state index is 5.99. The van der Waals surface area contributed by atoms with E-state index in [-0.39, 0.29) is 0 Å². The first-order chi connectivity index (χ1) is 7.65. The number of anilines is 2. The highest BCUT2D eigenvalue weighted by atomic mass is 127. The summed E-state index contributed by atoms with van der Waals surface area (Å²) in [6.45, 7) is 2.31. The number of halogens is 1. The lowest BCUT2D eigenvalue weighted by atomic mass is 10.1. The van der Waals surface area contributed by atoms with E-state index in [1.165, 1.54) is 23.0 Å². The molecule has 1 aromatic rings. The molecule has 0 spiro atoms. The van der Waals surface area contributed by atoms with E-state index in [4.69, 9.17) is 5.73 Å². The molecule has 1 fully saturated rings. The maximum Gasteiger partial charge on any atom is 0.0577 e. The van der Waals surface area contributed by atoms with Crippen LogP contribution in [0.15, 0.2) is 18.2 Å². The third-order valence-electron chi connectivity index (χ3n) is 3.00. The van der Waals surface area contributed by atoms with Gasteiger partial charge in [-0.15, -0.1) is 0 Å². The molecule has 0 bridgehead atoms. The van der Waals surface area contributed by atoms with Crippen molar-refractivity contribution >= 4 is 34.0 Å². The first-order valence-corrected chi connectivity index (χ1v) is 6.73. The second kappa shape index (κ2) is 5.23. The van der Waals surface area contributed by atoms with Gasteiger partial charge in [-0.1, -0.05) is 0 Å². The number of hydrogen-bond donors (Lipinski definition) is 2. The summed E-state index contributed by atoms with van der Waals surface area (Å²) in [6.07, 6.45) is 2.49. The van der Waals surface area contributed by atoms with Gasteiger partial charge < -0.3 is 16.0 Å². The van der Waals surface area contributed by atoms with Gasteiger partial charge >= 0.3 is 0 Å². The van der Waals surface area contributed by atoms with E-state index in [9.17, 15) is 0 Å². The van der Waals surface area contributed by atoms with Gasteiger partial charge in [0, 0.05) is 16.2 Å². The number of nitrogen functional groups attached to an aromatic ring is 1. The molecule has 1 aliphatic rings. The fourth-order valence-electron chi connectivity index (χ4n) is 2.17. The molecule has 0 saturated carbocycles. The zero-order valence-corrected chi connectivity index (χ0v) is 11.7. The zero-order valence-electron chi connectivity index (χ0n) is 9.54. The van der Waals surface area contributed by atoms with Crippen LogP contribution in [0.25, 0.3) is 0 Å². The maximum atomic E-state index is 5.99. The predicted molar refractivity (Wildman–Crippen MR) is 77.7 cm³/mol. The molecule has 0 aromatic heterocycles. The Kier molecular flexibility index (Phi) is 3.91. The van der Waals surface area contributed by atoms with E-state index < -0.39 is 0 Å². The number of nitrogens with two attached hydrogens (primary N) is 1. The number of rotatable bonds is 2. The number of hydrogen-bond acceptors (Lipinski definition) is 3. The lowest BCUT2D eigenvalue weighted by molar-refractivity contribution is 0.261. The number of nitrogens with one attached hydrogen (secondary N) is 1. The summed E-state index contributed by atoms with van der Waals surface area (Å²) in [5.41, 5.74) is 7.91. The van der Waals surface area contributed by atoms with Crippen molar-refractivity contribution in [1.29, 1.82) is 0 Å². The minimum absolute atomic E-state index is 0.529. The third-order valence-corrected chi connectivity index (χ3v) is 3.67. The van der Waals surface area contributed by atoms with Crippen LogP contribution in [0.2, 0.25) is 0 Å². The Balaban J connectivity index is 2.02. The molecule has 2 rings (SSSR count). The van der Waals surface area contributed by atoms with Gasteiger partial charge in [-0.05, 0) is 67.2 Å². The van der Waals surface area contributed by atoms with Gasteiger partial charge in [-0.25, -0.2) is 0 Å². The first kappa shape index (κ1) is 12.0. The van der Waals surface area contributed by atoms with Gasteiger partial charge in [-0.3, -0.25) is 0 Å². The largest absolute Gasteiger partial charge is 0.397 e. The Morgan fingerprint density at radius 3 is 3.00 bits per heavy atom. The lowest BCUT2D eigenvalue weighted by Gasteiger charge is -2.31. The van der Waals surface area contributed by atoms with Crippen LogP contribution in [0, 0.1) is 3.57 Å². The summed E-state index contributed by atoms with van der Waals surface area (Å²) in [6, 6.07) is 6.70. The standard InChI is InChI=1S/C12H18IN3/c1-16-6-2-3-10(8-16)15-12-5-4-9(13)7-11(12)14/h4-5,7,10,15H,2-3,6,8,14H2,1H3. The molecule has 3 N–H and O–H groups in total. The number of likely N-dealkylation sites (N-methyl/N-ethyl adjacent to an activating group) is 1. The molecule has 16 heavy (non-hydrogen) atoms. The van der Waals surface area contributed by atoms with Crippen molar-refractivity contribution in [3.63, 3.8) is 0 Å². The summed E-state index contributed by atoms with van der Waals surface area (Å²) in [5, 5.41) is 3.54. The van der Waals surface area contributed by atoms with Gasteiger partial charge in [-0.2, -0.15) is 0 Å². The van der Waals surface area contributed by atoms with Gasteiger partial charge in [0.15, 0.2) is 0 Å². The van der Waals surface area contributed by atoms with Crippen molar-refractivity contribution in [1.82, 2.24) is 4.90 Å². The van der Waals surface area contributed by atoms with Crippen LogP contribution < -0.4 is 11.1 Å². The molecule has 1 saturated heterocycles. The topological polar surface area (TPSA) is 41.3 Å². The van der Waals surface area contributed by atoms with Crippen LogP contribution in [0.4, 0.5) is 11.4 Å². The zero-order chi connectivity index (χ0) is 11.5. The van der Waals surface area contributed by atoms with Gasteiger partial charge in [0.2, 0.25) is 0 Å². The molecule has 1 atom stereocenters. The molecule has 1 unspecified atom stereocenters. The van der Waals surface area contributed by atoms with Crippen LogP contribution >= 0.6 is 22.6 Å². The van der Waals surface area contributed by atoms with Gasteiger partial charge in [0.1, 0.15) is 0 Å². The second-order valence-corrected chi connectivity index (χ2v) is 5.72. The number of nitrogens with zero attached hydrogens (tertiary/aromatic N) is 1. The fraction of sp³-hybridized carbons (Fsp3) is 0.500. The number of piperidine rings is 1.